The molecule has 0 radical (unpaired) electrons. The maximum absolute atomic E-state index is 13.7. The Morgan fingerprint density at radius 3 is 2.31 bits per heavy atom. The number of aliphatic carboxylic acids is 1. The first-order valence-electron chi connectivity index (χ1n) is 9.92. The molecule has 2 amide bonds. The number of amides is 2. The zero-order chi connectivity index (χ0) is 22.4. The highest BCUT2D eigenvalue weighted by molar-refractivity contribution is 8.00. The van der Waals surface area contributed by atoms with Gasteiger partial charge in [-0.2, -0.15) is 0 Å². The van der Waals surface area contributed by atoms with Crippen LogP contribution in [0.3, 0.4) is 0 Å². The van der Waals surface area contributed by atoms with E-state index in [1.165, 1.54) is 16.7 Å². The Bertz CT molecular complexity index is 675. The normalized spacial score (nSPS) is 28.4. The third-order valence-electron chi connectivity index (χ3n) is 4.86. The van der Waals surface area contributed by atoms with E-state index in [2.05, 4.69) is 5.32 Å². The molecule has 2 heterocycles. The molecule has 0 saturated carbocycles. The second-order valence-corrected chi connectivity index (χ2v) is 13.7. The van der Waals surface area contributed by atoms with E-state index in [0.29, 0.717) is 5.75 Å². The van der Waals surface area contributed by atoms with Crippen LogP contribution in [0.15, 0.2) is 0 Å². The summed E-state index contributed by atoms with van der Waals surface area (Å²) >= 11 is 1.43. The monoisotopic (exact) mass is 446 g/mol. The summed E-state index contributed by atoms with van der Waals surface area (Å²) in [4.78, 5) is 39.6. The molecule has 0 aliphatic carbocycles. The van der Waals surface area contributed by atoms with E-state index < -0.39 is 55.7 Å². The molecule has 2 aliphatic heterocycles. The van der Waals surface area contributed by atoms with Gasteiger partial charge < -0.3 is 24.5 Å². The summed E-state index contributed by atoms with van der Waals surface area (Å²) in [6.45, 7) is 15.2. The van der Waals surface area contributed by atoms with Gasteiger partial charge in [-0.15, -0.1) is 11.8 Å². The number of carboxylic acid groups (broad SMARTS) is 1. The summed E-state index contributed by atoms with van der Waals surface area (Å²) in [6, 6.07) is -0.906. The Labute approximate surface area is 178 Å². The molecule has 10 heteroatoms. The van der Waals surface area contributed by atoms with Crippen molar-refractivity contribution in [3.63, 3.8) is 0 Å². The van der Waals surface area contributed by atoms with Crippen LogP contribution in [0.1, 0.15) is 48.0 Å². The predicted octanol–water partition coefficient (Wildman–Crippen LogP) is 2.42. The maximum atomic E-state index is 13.7. The van der Waals surface area contributed by atoms with Crippen LogP contribution < -0.4 is 5.32 Å². The van der Waals surface area contributed by atoms with Crippen LogP contribution in [0.25, 0.3) is 0 Å². The van der Waals surface area contributed by atoms with Gasteiger partial charge in [-0.05, 0) is 39.3 Å². The van der Waals surface area contributed by atoms with Crippen molar-refractivity contribution in [2.75, 3.05) is 5.75 Å². The SMILES string of the molecule is C[SiH](C)OC(C(C)(C)C)[C@@]1(NC(=O)OC(C)(C)C)C[C@@H]2SC[C@@H](C(=O)O)N2C1=O. The summed E-state index contributed by atoms with van der Waals surface area (Å²) in [5.74, 6) is -1.10. The van der Waals surface area contributed by atoms with Crippen LogP contribution >= 0.6 is 11.8 Å². The molecule has 4 atom stereocenters. The fourth-order valence-corrected chi connectivity index (χ4v) is 6.66. The van der Waals surface area contributed by atoms with Crippen molar-refractivity contribution in [3.05, 3.63) is 0 Å². The smallest absolute Gasteiger partial charge is 0.408 e. The second-order valence-electron chi connectivity index (χ2n) is 10.1. The highest BCUT2D eigenvalue weighted by Gasteiger charge is 2.64. The Hall–Kier alpha value is -1.26. The van der Waals surface area contributed by atoms with Gasteiger partial charge in [0.15, 0.2) is 14.6 Å². The average Bonchev–Trinajstić information content (AvgIpc) is 3.01. The van der Waals surface area contributed by atoms with Crippen molar-refractivity contribution in [2.45, 2.75) is 89.7 Å². The number of thioether (sulfide) groups is 1. The van der Waals surface area contributed by atoms with Gasteiger partial charge in [-0.1, -0.05) is 20.8 Å². The van der Waals surface area contributed by atoms with Gasteiger partial charge in [0.25, 0.3) is 5.91 Å². The number of fused-ring (bicyclic) bond motifs is 1. The second kappa shape index (κ2) is 8.11. The number of carboxylic acids is 1. The van der Waals surface area contributed by atoms with Gasteiger partial charge in [-0.25, -0.2) is 9.59 Å². The van der Waals surface area contributed by atoms with Crippen molar-refractivity contribution >= 4 is 38.8 Å². The summed E-state index contributed by atoms with van der Waals surface area (Å²) in [5.41, 5.74) is -2.57. The van der Waals surface area contributed by atoms with Crippen LogP contribution in [0, 0.1) is 5.41 Å². The molecule has 0 aromatic rings. The molecule has 0 spiro atoms. The minimum atomic E-state index is -1.60. The lowest BCUT2D eigenvalue weighted by molar-refractivity contribution is -0.151. The number of hydrogen-bond donors (Lipinski definition) is 2. The van der Waals surface area contributed by atoms with Crippen LogP contribution in [0.5, 0.6) is 0 Å². The van der Waals surface area contributed by atoms with Gasteiger partial charge >= 0.3 is 12.1 Å². The van der Waals surface area contributed by atoms with Gasteiger partial charge in [-0.3, -0.25) is 4.79 Å². The molecule has 0 aromatic heterocycles. The minimum absolute atomic E-state index is 0.280. The van der Waals surface area contributed by atoms with Crippen LogP contribution in [-0.2, 0) is 18.8 Å². The van der Waals surface area contributed by atoms with Crippen molar-refractivity contribution < 1.29 is 28.7 Å². The molecule has 2 saturated heterocycles. The number of nitrogens with one attached hydrogen (secondary N) is 1. The summed E-state index contributed by atoms with van der Waals surface area (Å²) in [7, 11) is -1.60. The first kappa shape index (κ1) is 24.0. The molecule has 0 aromatic carbocycles. The van der Waals surface area contributed by atoms with E-state index in [-0.39, 0.29) is 11.8 Å². The standard InChI is InChI=1S/C19H34N2O6SSi/c1-17(2,3)14(27-29(7)8)19(20-16(25)26-18(4,5)6)9-12-21(15(19)24)11(10-28-12)13(22)23/h11-12,14,29H,9-10H2,1-8H3,(H,20,25)(H,22,23)/t11-,12-,14?,19-/m0/s1. The third-order valence-corrected chi connectivity index (χ3v) is 6.96. The van der Waals surface area contributed by atoms with Gasteiger partial charge in [0.1, 0.15) is 11.6 Å². The molecular formula is C19H34N2O6SSi. The number of ether oxygens (including phenoxy) is 1. The highest BCUT2D eigenvalue weighted by Crippen LogP contribution is 2.47. The Kier molecular flexibility index (Phi) is 6.71. The minimum Gasteiger partial charge on any atom is -0.480 e. The average molecular weight is 447 g/mol. The van der Waals surface area contributed by atoms with Crippen molar-refractivity contribution in [1.29, 1.82) is 0 Å². The van der Waals surface area contributed by atoms with E-state index in [1.54, 1.807) is 20.8 Å². The van der Waals surface area contributed by atoms with Crippen molar-refractivity contribution in [3.8, 4) is 0 Å². The molecule has 2 N–H and O–H groups in total. The molecule has 2 fully saturated rings. The number of rotatable bonds is 5. The fourth-order valence-electron chi connectivity index (χ4n) is 3.98. The van der Waals surface area contributed by atoms with Gasteiger partial charge in [0, 0.05) is 12.2 Å². The Morgan fingerprint density at radius 1 is 1.28 bits per heavy atom. The molecule has 29 heavy (non-hydrogen) atoms. The topological polar surface area (TPSA) is 105 Å². The number of alkyl carbamates (subject to hydrolysis) is 1. The zero-order valence-electron chi connectivity index (χ0n) is 18.6. The summed E-state index contributed by atoms with van der Waals surface area (Å²) < 4.78 is 11.8. The van der Waals surface area contributed by atoms with Crippen molar-refractivity contribution in [2.24, 2.45) is 5.41 Å². The van der Waals surface area contributed by atoms with Gasteiger partial charge in [0.2, 0.25) is 0 Å². The number of carbonyl (C=O) groups is 3. The first-order chi connectivity index (χ1) is 13.1. The lowest BCUT2D eigenvalue weighted by Gasteiger charge is -2.44. The van der Waals surface area contributed by atoms with E-state index in [9.17, 15) is 19.5 Å². The molecule has 1 unspecified atom stereocenters. The van der Waals surface area contributed by atoms with E-state index in [0.717, 1.165) is 0 Å². The largest absolute Gasteiger partial charge is 0.480 e. The Balaban J connectivity index is 2.50. The van der Waals surface area contributed by atoms with E-state index in [1.807, 2.05) is 33.9 Å². The van der Waals surface area contributed by atoms with Crippen LogP contribution in [0.2, 0.25) is 13.1 Å². The van der Waals surface area contributed by atoms with Crippen LogP contribution in [0.4, 0.5) is 4.79 Å². The van der Waals surface area contributed by atoms with E-state index >= 15 is 0 Å². The fraction of sp³-hybridized carbons (Fsp3) is 0.842. The molecule has 2 aliphatic rings. The third kappa shape index (κ3) is 5.08. The maximum Gasteiger partial charge on any atom is 0.408 e. The quantitative estimate of drug-likeness (QED) is 0.625. The first-order valence-corrected chi connectivity index (χ1v) is 13.8. The molecular weight excluding hydrogens is 412 g/mol. The number of nitrogens with zero attached hydrogens (tertiary/aromatic N) is 1. The highest BCUT2D eigenvalue weighted by atomic mass is 32.2. The summed E-state index contributed by atoms with van der Waals surface area (Å²) in [6.07, 6.45) is -1.03. The lowest BCUT2D eigenvalue weighted by Crippen LogP contribution is -2.67. The van der Waals surface area contributed by atoms with Crippen molar-refractivity contribution in [1.82, 2.24) is 10.2 Å². The molecule has 8 nitrogen and oxygen atoms in total. The lowest BCUT2D eigenvalue weighted by atomic mass is 9.75. The molecule has 166 valence electrons. The summed E-state index contributed by atoms with van der Waals surface area (Å²) in [5, 5.41) is 12.1. The Morgan fingerprint density at radius 2 is 1.86 bits per heavy atom. The van der Waals surface area contributed by atoms with E-state index in [4.69, 9.17) is 9.16 Å². The zero-order valence-corrected chi connectivity index (χ0v) is 20.5. The number of carbonyl (C=O) groups excluding carboxylic acids is 2. The number of hydrogen-bond acceptors (Lipinski definition) is 6. The van der Waals surface area contributed by atoms with Crippen LogP contribution in [-0.4, -0.2) is 71.4 Å². The predicted molar refractivity (Wildman–Crippen MR) is 114 cm³/mol. The molecule has 0 bridgehead atoms. The molecule has 2 rings (SSSR count). The van der Waals surface area contributed by atoms with Gasteiger partial charge in [0.05, 0.1) is 11.5 Å².